The van der Waals surface area contributed by atoms with Crippen LogP contribution < -0.4 is 4.72 Å². The van der Waals surface area contributed by atoms with Crippen molar-refractivity contribution in [1.29, 1.82) is 0 Å². The van der Waals surface area contributed by atoms with Crippen LogP contribution >= 0.6 is 11.6 Å². The third kappa shape index (κ3) is 2.84. The number of aromatic nitrogens is 3. The van der Waals surface area contributed by atoms with Gasteiger partial charge in [-0.2, -0.15) is 5.10 Å². The summed E-state index contributed by atoms with van der Waals surface area (Å²) in [6.07, 6.45) is 1.24. The van der Waals surface area contributed by atoms with Gasteiger partial charge in [-0.3, -0.25) is 5.10 Å². The van der Waals surface area contributed by atoms with Gasteiger partial charge in [0.25, 0.3) is 0 Å². The number of H-pyrrole nitrogens is 1. The third-order valence-electron chi connectivity index (χ3n) is 2.08. The highest BCUT2D eigenvalue weighted by atomic mass is 35.5. The first-order valence-corrected chi connectivity index (χ1v) is 6.64. The van der Waals surface area contributed by atoms with Crippen LogP contribution in [0.2, 0.25) is 5.02 Å². The van der Waals surface area contributed by atoms with Crippen LogP contribution in [0.4, 0.5) is 4.39 Å². The summed E-state index contributed by atoms with van der Waals surface area (Å²) in [5, 5.41) is 6.17. The second kappa shape index (κ2) is 5.01. The van der Waals surface area contributed by atoms with Crippen LogP contribution in [0.15, 0.2) is 29.4 Å². The highest BCUT2D eigenvalue weighted by Crippen LogP contribution is 2.18. The molecular formula is C9H8ClFN4O2S. The molecule has 0 amide bonds. The first-order valence-electron chi connectivity index (χ1n) is 4.78. The van der Waals surface area contributed by atoms with Crippen molar-refractivity contribution in [2.45, 2.75) is 11.4 Å². The molecule has 9 heteroatoms. The summed E-state index contributed by atoms with van der Waals surface area (Å²) < 4.78 is 39.3. The van der Waals surface area contributed by atoms with Crippen LogP contribution in [-0.2, 0) is 16.6 Å². The van der Waals surface area contributed by atoms with E-state index in [1.807, 2.05) is 0 Å². The second-order valence-electron chi connectivity index (χ2n) is 3.33. The molecule has 1 heterocycles. The minimum atomic E-state index is -3.96. The number of sulfonamides is 1. The Morgan fingerprint density at radius 2 is 2.22 bits per heavy atom. The molecule has 0 saturated carbocycles. The quantitative estimate of drug-likeness (QED) is 0.882. The SMILES string of the molecule is O=S(=O)(NCc1ncn[nH]1)c1ccc(Cl)cc1F. The number of halogens is 2. The molecule has 0 aliphatic rings. The molecule has 1 aromatic heterocycles. The fraction of sp³-hybridized carbons (Fsp3) is 0.111. The van der Waals surface area contributed by atoms with Crippen molar-refractivity contribution in [3.05, 3.63) is 41.2 Å². The van der Waals surface area contributed by atoms with Crippen LogP contribution in [0.5, 0.6) is 0 Å². The number of nitrogens with zero attached hydrogens (tertiary/aromatic N) is 2. The number of nitrogens with one attached hydrogen (secondary N) is 2. The van der Waals surface area contributed by atoms with Crippen molar-refractivity contribution in [1.82, 2.24) is 19.9 Å². The minimum Gasteiger partial charge on any atom is -0.262 e. The Bertz CT molecular complexity index is 645. The molecule has 0 aliphatic carbocycles. The van der Waals surface area contributed by atoms with Gasteiger partial charge in [0.1, 0.15) is 22.9 Å². The predicted octanol–water partition coefficient (Wildman–Crippen LogP) is 1.08. The van der Waals surface area contributed by atoms with E-state index in [4.69, 9.17) is 11.6 Å². The van der Waals surface area contributed by atoms with Gasteiger partial charge >= 0.3 is 0 Å². The molecule has 2 aromatic rings. The monoisotopic (exact) mass is 290 g/mol. The Morgan fingerprint density at radius 1 is 1.44 bits per heavy atom. The van der Waals surface area contributed by atoms with Crippen LogP contribution in [-0.4, -0.2) is 23.6 Å². The lowest BCUT2D eigenvalue weighted by atomic mass is 10.3. The lowest BCUT2D eigenvalue weighted by Gasteiger charge is -2.06. The summed E-state index contributed by atoms with van der Waals surface area (Å²) in [7, 11) is -3.96. The molecule has 0 bridgehead atoms. The molecular weight excluding hydrogens is 283 g/mol. The van der Waals surface area contributed by atoms with Gasteiger partial charge in [-0.25, -0.2) is 22.5 Å². The zero-order chi connectivity index (χ0) is 13.2. The van der Waals surface area contributed by atoms with E-state index in [0.29, 0.717) is 5.82 Å². The van der Waals surface area contributed by atoms with Crippen LogP contribution in [0.25, 0.3) is 0 Å². The number of rotatable bonds is 4. The van der Waals surface area contributed by atoms with E-state index < -0.39 is 20.7 Å². The molecule has 96 valence electrons. The Labute approximate surface area is 107 Å². The lowest BCUT2D eigenvalue weighted by molar-refractivity contribution is 0.555. The maximum absolute atomic E-state index is 13.5. The molecule has 1 aromatic carbocycles. The number of benzene rings is 1. The van der Waals surface area contributed by atoms with Gasteiger partial charge < -0.3 is 0 Å². The Balaban J connectivity index is 2.20. The van der Waals surface area contributed by atoms with Gasteiger partial charge in [0, 0.05) is 5.02 Å². The molecule has 2 rings (SSSR count). The van der Waals surface area contributed by atoms with Crippen LogP contribution in [0.1, 0.15) is 5.82 Å². The first kappa shape index (κ1) is 12.9. The Morgan fingerprint density at radius 3 is 2.83 bits per heavy atom. The van der Waals surface area contributed by atoms with Gasteiger partial charge in [-0.15, -0.1) is 0 Å². The number of hydrogen-bond donors (Lipinski definition) is 2. The second-order valence-corrected chi connectivity index (χ2v) is 5.50. The third-order valence-corrected chi connectivity index (χ3v) is 3.75. The summed E-state index contributed by atoms with van der Waals surface area (Å²) in [5.74, 6) is -0.583. The van der Waals surface area contributed by atoms with Crippen molar-refractivity contribution >= 4 is 21.6 Å². The number of hydrogen-bond acceptors (Lipinski definition) is 4. The maximum Gasteiger partial charge on any atom is 0.243 e. The van der Waals surface area contributed by atoms with Crippen molar-refractivity contribution in [3.63, 3.8) is 0 Å². The standard InChI is InChI=1S/C9H8ClFN4O2S/c10-6-1-2-8(7(11)3-6)18(16,17)14-4-9-12-5-13-15-9/h1-3,5,14H,4H2,(H,12,13,15). The van der Waals surface area contributed by atoms with Crippen molar-refractivity contribution in [3.8, 4) is 0 Å². The van der Waals surface area contributed by atoms with Crippen LogP contribution in [0, 0.1) is 5.82 Å². The van der Waals surface area contributed by atoms with Crippen LogP contribution in [0.3, 0.4) is 0 Å². The molecule has 18 heavy (non-hydrogen) atoms. The zero-order valence-corrected chi connectivity index (χ0v) is 10.5. The Hall–Kier alpha value is -1.51. The van der Waals surface area contributed by atoms with E-state index in [1.54, 1.807) is 0 Å². The topological polar surface area (TPSA) is 87.7 Å². The van der Waals surface area contributed by atoms with Crippen molar-refractivity contribution in [2.24, 2.45) is 0 Å². The van der Waals surface area contributed by atoms with E-state index in [-0.39, 0.29) is 11.6 Å². The molecule has 0 fully saturated rings. The summed E-state index contributed by atoms with van der Waals surface area (Å²) in [6, 6.07) is 3.33. The highest BCUT2D eigenvalue weighted by Gasteiger charge is 2.19. The van der Waals surface area contributed by atoms with E-state index >= 15 is 0 Å². The average Bonchev–Trinajstić information content (AvgIpc) is 2.78. The number of aromatic amines is 1. The van der Waals surface area contributed by atoms with Gasteiger partial charge in [0.05, 0.1) is 6.54 Å². The maximum atomic E-state index is 13.5. The van der Waals surface area contributed by atoms with Gasteiger partial charge in [0.2, 0.25) is 10.0 Å². The van der Waals surface area contributed by atoms with Gasteiger partial charge in [-0.1, -0.05) is 11.6 Å². The normalized spacial score (nSPS) is 11.7. The molecule has 0 aliphatic heterocycles. The minimum absolute atomic E-state index is 0.107. The molecule has 0 radical (unpaired) electrons. The zero-order valence-electron chi connectivity index (χ0n) is 8.89. The smallest absolute Gasteiger partial charge is 0.243 e. The average molecular weight is 291 g/mol. The Kier molecular flexibility index (Phi) is 3.60. The first-order chi connectivity index (χ1) is 8.49. The van der Waals surface area contributed by atoms with Gasteiger partial charge in [0.15, 0.2) is 0 Å². The summed E-state index contributed by atoms with van der Waals surface area (Å²) >= 11 is 5.55. The van der Waals surface area contributed by atoms with Gasteiger partial charge in [-0.05, 0) is 18.2 Å². The predicted molar refractivity (Wildman–Crippen MR) is 61.8 cm³/mol. The molecule has 2 N–H and O–H groups in total. The molecule has 0 spiro atoms. The molecule has 0 unspecified atom stereocenters. The lowest BCUT2D eigenvalue weighted by Crippen LogP contribution is -2.24. The molecule has 0 atom stereocenters. The van der Waals surface area contributed by atoms with Crippen molar-refractivity contribution < 1.29 is 12.8 Å². The van der Waals surface area contributed by atoms with E-state index in [0.717, 1.165) is 12.1 Å². The highest BCUT2D eigenvalue weighted by molar-refractivity contribution is 7.89. The molecule has 0 saturated heterocycles. The summed E-state index contributed by atoms with van der Waals surface area (Å²) in [4.78, 5) is 3.27. The van der Waals surface area contributed by atoms with E-state index in [2.05, 4.69) is 19.9 Å². The van der Waals surface area contributed by atoms with E-state index in [1.165, 1.54) is 12.4 Å². The summed E-state index contributed by atoms with van der Waals surface area (Å²) in [6.45, 7) is -0.107. The molecule has 6 nitrogen and oxygen atoms in total. The van der Waals surface area contributed by atoms with E-state index in [9.17, 15) is 12.8 Å². The summed E-state index contributed by atoms with van der Waals surface area (Å²) in [5.41, 5.74) is 0. The fourth-order valence-corrected chi connectivity index (χ4v) is 2.45. The van der Waals surface area contributed by atoms with Crippen molar-refractivity contribution in [2.75, 3.05) is 0 Å². The largest absolute Gasteiger partial charge is 0.262 e. The fourth-order valence-electron chi connectivity index (χ4n) is 1.25.